The van der Waals surface area contributed by atoms with Crippen LogP contribution in [-0.2, 0) is 6.42 Å². The Labute approximate surface area is 130 Å². The van der Waals surface area contributed by atoms with Gasteiger partial charge >= 0.3 is 5.97 Å². The van der Waals surface area contributed by atoms with Gasteiger partial charge in [0.05, 0.1) is 10.7 Å². The Kier molecular flexibility index (Phi) is 3.93. The molecule has 0 radical (unpaired) electrons. The van der Waals surface area contributed by atoms with Crippen LogP contribution in [0.4, 0.5) is 0 Å². The van der Waals surface area contributed by atoms with E-state index in [0.717, 1.165) is 12.8 Å². The summed E-state index contributed by atoms with van der Waals surface area (Å²) in [5.41, 5.74) is 0.633. The largest absolute Gasteiger partial charge is 0.476 e. The van der Waals surface area contributed by atoms with E-state index in [4.69, 9.17) is 9.52 Å². The fraction of sp³-hybridized carbons (Fsp3) is 0.429. The molecule has 116 valence electrons. The predicted molar refractivity (Wildman–Crippen MR) is 78.3 cm³/mol. The molecule has 22 heavy (non-hydrogen) atoms. The van der Waals surface area contributed by atoms with Crippen molar-refractivity contribution in [3.63, 3.8) is 0 Å². The van der Waals surface area contributed by atoms with Gasteiger partial charge in [0, 0.05) is 24.3 Å². The van der Waals surface area contributed by atoms with E-state index in [9.17, 15) is 9.59 Å². The number of aromatic carboxylic acids is 1. The van der Waals surface area contributed by atoms with Crippen LogP contribution in [0.3, 0.4) is 0 Å². The van der Waals surface area contributed by atoms with Crippen molar-refractivity contribution in [3.05, 3.63) is 33.4 Å². The molecule has 0 aromatic carbocycles. The number of thiazole rings is 1. The number of aryl methyl sites for hydroxylation is 1. The van der Waals surface area contributed by atoms with E-state index in [2.05, 4.69) is 15.3 Å². The van der Waals surface area contributed by atoms with Crippen LogP contribution in [-0.4, -0.2) is 33.5 Å². The highest BCUT2D eigenvalue weighted by atomic mass is 32.1. The Bertz CT molecular complexity index is 717. The summed E-state index contributed by atoms with van der Waals surface area (Å²) in [5.74, 6) is -0.0747. The minimum Gasteiger partial charge on any atom is -0.476 e. The standard InChI is InChI=1S/C14H15N3O4S/c1-7-11(21-13(16-7)8-2-3-8)12(18)15-5-4-10-17-9(6-22-10)14(19)20/h6,8H,2-5H2,1H3,(H,15,18)(H,19,20). The van der Waals surface area contributed by atoms with Gasteiger partial charge in [0.25, 0.3) is 5.91 Å². The molecule has 2 aromatic heterocycles. The molecule has 1 aliphatic carbocycles. The maximum atomic E-state index is 12.1. The number of carbonyl (C=O) groups is 2. The number of hydrogen-bond donors (Lipinski definition) is 2. The second-order valence-corrected chi connectivity index (χ2v) is 6.12. The maximum absolute atomic E-state index is 12.1. The molecule has 0 bridgehead atoms. The molecule has 1 fully saturated rings. The van der Waals surface area contributed by atoms with Crippen molar-refractivity contribution >= 4 is 23.2 Å². The third kappa shape index (κ3) is 3.16. The number of carbonyl (C=O) groups excluding carboxylic acids is 1. The molecule has 3 rings (SSSR count). The van der Waals surface area contributed by atoms with Crippen LogP contribution in [0.1, 0.15) is 56.4 Å². The van der Waals surface area contributed by atoms with Gasteiger partial charge in [0.2, 0.25) is 5.76 Å². The third-order valence-electron chi connectivity index (χ3n) is 3.34. The van der Waals surface area contributed by atoms with Gasteiger partial charge in [-0.25, -0.2) is 14.8 Å². The average Bonchev–Trinajstić information content (AvgIpc) is 3.08. The van der Waals surface area contributed by atoms with Crippen LogP contribution in [0.2, 0.25) is 0 Å². The van der Waals surface area contributed by atoms with Gasteiger partial charge in [0.1, 0.15) is 0 Å². The molecule has 0 atom stereocenters. The lowest BCUT2D eigenvalue weighted by Crippen LogP contribution is -2.25. The van der Waals surface area contributed by atoms with Gasteiger partial charge in [-0.3, -0.25) is 4.79 Å². The lowest BCUT2D eigenvalue weighted by molar-refractivity contribution is 0.0690. The van der Waals surface area contributed by atoms with E-state index >= 15 is 0 Å². The second-order valence-electron chi connectivity index (χ2n) is 5.18. The van der Waals surface area contributed by atoms with Crippen LogP contribution in [0, 0.1) is 6.92 Å². The van der Waals surface area contributed by atoms with Gasteiger partial charge < -0.3 is 14.8 Å². The first kappa shape index (κ1) is 14.7. The molecule has 1 amide bonds. The summed E-state index contributed by atoms with van der Waals surface area (Å²) in [4.78, 5) is 31.0. The average molecular weight is 321 g/mol. The van der Waals surface area contributed by atoms with Gasteiger partial charge in [-0.1, -0.05) is 0 Å². The summed E-state index contributed by atoms with van der Waals surface area (Å²) in [6, 6.07) is 0. The highest BCUT2D eigenvalue weighted by Crippen LogP contribution is 2.39. The van der Waals surface area contributed by atoms with Gasteiger partial charge in [-0.15, -0.1) is 11.3 Å². The zero-order valence-electron chi connectivity index (χ0n) is 12.0. The molecule has 2 N–H and O–H groups in total. The minimum absolute atomic E-state index is 0.0338. The monoisotopic (exact) mass is 321 g/mol. The lowest BCUT2D eigenvalue weighted by atomic mass is 10.3. The highest BCUT2D eigenvalue weighted by molar-refractivity contribution is 7.09. The maximum Gasteiger partial charge on any atom is 0.355 e. The first-order valence-electron chi connectivity index (χ1n) is 6.98. The SMILES string of the molecule is Cc1nc(C2CC2)oc1C(=O)NCCc1nc(C(=O)O)cs1. The predicted octanol–water partition coefficient (Wildman–Crippen LogP) is 1.99. The quantitative estimate of drug-likeness (QED) is 0.843. The number of aromatic nitrogens is 2. The second kappa shape index (κ2) is 5.88. The lowest BCUT2D eigenvalue weighted by Gasteiger charge is -2.01. The van der Waals surface area contributed by atoms with Gasteiger partial charge in [-0.2, -0.15) is 0 Å². The number of amides is 1. The van der Waals surface area contributed by atoms with Gasteiger partial charge in [0.15, 0.2) is 11.6 Å². The fourth-order valence-electron chi connectivity index (χ4n) is 2.02. The van der Waals surface area contributed by atoms with Gasteiger partial charge in [-0.05, 0) is 19.8 Å². The molecule has 8 heteroatoms. The number of carboxylic acid groups (broad SMARTS) is 1. The van der Waals surface area contributed by atoms with E-state index < -0.39 is 5.97 Å². The van der Waals surface area contributed by atoms with Crippen molar-refractivity contribution < 1.29 is 19.1 Å². The summed E-state index contributed by atoms with van der Waals surface area (Å²) in [7, 11) is 0. The van der Waals surface area contributed by atoms with Crippen molar-refractivity contribution in [3.8, 4) is 0 Å². The topological polar surface area (TPSA) is 105 Å². The minimum atomic E-state index is -1.04. The Balaban J connectivity index is 1.54. The number of nitrogens with one attached hydrogen (secondary N) is 1. The van der Waals surface area contributed by atoms with Crippen molar-refractivity contribution in [1.82, 2.24) is 15.3 Å². The summed E-state index contributed by atoms with van der Waals surface area (Å²) in [6.07, 6.45) is 2.61. The molecular weight excluding hydrogens is 306 g/mol. The Morgan fingerprint density at radius 3 is 2.86 bits per heavy atom. The third-order valence-corrected chi connectivity index (χ3v) is 4.25. The highest BCUT2D eigenvalue weighted by Gasteiger charge is 2.30. The molecular formula is C14H15N3O4S. The smallest absolute Gasteiger partial charge is 0.355 e. The first-order chi connectivity index (χ1) is 10.5. The molecule has 0 aliphatic heterocycles. The van der Waals surface area contributed by atoms with Crippen LogP contribution >= 0.6 is 11.3 Å². The molecule has 1 aliphatic rings. The molecule has 2 aromatic rings. The summed E-state index contributed by atoms with van der Waals surface area (Å²) >= 11 is 1.27. The normalized spacial score (nSPS) is 14.0. The van der Waals surface area contributed by atoms with Crippen molar-refractivity contribution in [2.75, 3.05) is 6.54 Å². The van der Waals surface area contributed by atoms with Crippen molar-refractivity contribution in [2.45, 2.75) is 32.1 Å². The van der Waals surface area contributed by atoms with E-state index in [1.807, 2.05) is 0 Å². The number of rotatable bonds is 6. The Morgan fingerprint density at radius 1 is 1.45 bits per heavy atom. The first-order valence-corrected chi connectivity index (χ1v) is 7.85. The fourth-order valence-corrected chi connectivity index (χ4v) is 2.79. The molecule has 7 nitrogen and oxygen atoms in total. The molecule has 0 saturated heterocycles. The Morgan fingerprint density at radius 2 is 2.23 bits per heavy atom. The number of carboxylic acids is 1. The number of oxazole rings is 1. The number of nitrogens with zero attached hydrogens (tertiary/aromatic N) is 2. The zero-order chi connectivity index (χ0) is 15.7. The van der Waals surface area contributed by atoms with Crippen molar-refractivity contribution in [2.24, 2.45) is 0 Å². The van der Waals surface area contributed by atoms with Crippen LogP contribution < -0.4 is 5.32 Å². The molecule has 1 saturated carbocycles. The zero-order valence-corrected chi connectivity index (χ0v) is 12.8. The van der Waals surface area contributed by atoms with Crippen LogP contribution in [0.25, 0.3) is 0 Å². The van der Waals surface area contributed by atoms with Crippen LogP contribution in [0.15, 0.2) is 9.80 Å². The Hall–Kier alpha value is -2.22. The summed E-state index contributed by atoms with van der Waals surface area (Å²) in [6.45, 7) is 2.12. The van der Waals surface area contributed by atoms with E-state index in [1.165, 1.54) is 16.7 Å². The van der Waals surface area contributed by atoms with E-state index in [-0.39, 0.29) is 17.4 Å². The summed E-state index contributed by atoms with van der Waals surface area (Å²) in [5, 5.41) is 13.7. The molecule has 2 heterocycles. The van der Waals surface area contributed by atoms with Crippen LogP contribution in [0.5, 0.6) is 0 Å². The van der Waals surface area contributed by atoms with E-state index in [0.29, 0.717) is 35.5 Å². The van der Waals surface area contributed by atoms with E-state index in [1.54, 1.807) is 6.92 Å². The summed E-state index contributed by atoms with van der Waals surface area (Å²) < 4.78 is 5.52. The molecule has 0 unspecified atom stereocenters. The van der Waals surface area contributed by atoms with Crippen molar-refractivity contribution in [1.29, 1.82) is 0 Å². The molecule has 0 spiro atoms. The number of hydrogen-bond acceptors (Lipinski definition) is 6.